The zero-order chi connectivity index (χ0) is 14.1. The molecule has 0 aromatic carbocycles. The quantitative estimate of drug-likeness (QED) is 0.787. The Balaban J connectivity index is 1.57. The highest BCUT2D eigenvalue weighted by Crippen LogP contribution is 2.23. The number of aromatic nitrogens is 2. The average molecular weight is 279 g/mol. The molecule has 2 aliphatic rings. The topological polar surface area (TPSA) is 76.2 Å². The molecule has 0 amide bonds. The smallest absolute Gasteiger partial charge is 0.323 e. The van der Waals surface area contributed by atoms with Gasteiger partial charge < -0.3 is 14.5 Å². The molecule has 1 aromatic rings. The van der Waals surface area contributed by atoms with Gasteiger partial charge in [0.15, 0.2) is 0 Å². The Hall–Kier alpha value is -1.40. The number of nitrogens with one attached hydrogen (secondary N) is 2. The molecule has 2 N–H and O–H groups in total. The van der Waals surface area contributed by atoms with Gasteiger partial charge in [0.25, 0.3) is 0 Å². The number of carbonyl (C=O) groups excluding carboxylic acids is 1. The van der Waals surface area contributed by atoms with Gasteiger partial charge in [-0.15, -0.1) is 0 Å². The van der Waals surface area contributed by atoms with Crippen LogP contribution in [0.4, 0.5) is 0 Å². The largest absolute Gasteiger partial charge is 0.461 e. The van der Waals surface area contributed by atoms with E-state index in [1.54, 1.807) is 6.33 Å². The number of ether oxygens (including phenoxy) is 2. The average Bonchev–Trinajstić information content (AvgIpc) is 2.84. The van der Waals surface area contributed by atoms with Crippen molar-refractivity contribution in [1.82, 2.24) is 15.3 Å². The molecule has 3 rings (SSSR count). The molecule has 0 bridgehead atoms. The second-order valence-electron chi connectivity index (χ2n) is 5.75. The summed E-state index contributed by atoms with van der Waals surface area (Å²) in [4.78, 5) is 19.6. The fourth-order valence-corrected chi connectivity index (χ4v) is 3.02. The summed E-state index contributed by atoms with van der Waals surface area (Å²) < 4.78 is 11.3. The van der Waals surface area contributed by atoms with Crippen LogP contribution < -0.4 is 5.32 Å². The van der Waals surface area contributed by atoms with Gasteiger partial charge in [0.05, 0.1) is 29.9 Å². The van der Waals surface area contributed by atoms with Gasteiger partial charge in [0.1, 0.15) is 12.1 Å². The van der Waals surface area contributed by atoms with Crippen molar-refractivity contribution in [1.29, 1.82) is 0 Å². The van der Waals surface area contributed by atoms with Crippen LogP contribution in [-0.2, 0) is 27.2 Å². The lowest BCUT2D eigenvalue weighted by Gasteiger charge is -2.33. The zero-order valence-corrected chi connectivity index (χ0v) is 11.9. The molecule has 6 heteroatoms. The Labute approximate surface area is 118 Å². The van der Waals surface area contributed by atoms with Crippen molar-refractivity contribution in [2.75, 3.05) is 0 Å². The molecule has 6 nitrogen and oxygen atoms in total. The molecule has 3 atom stereocenters. The van der Waals surface area contributed by atoms with E-state index in [0.717, 1.165) is 24.2 Å². The van der Waals surface area contributed by atoms with Crippen molar-refractivity contribution in [3.05, 3.63) is 17.7 Å². The predicted octanol–water partition coefficient (Wildman–Crippen LogP) is 0.923. The molecular formula is C14H21N3O3. The Morgan fingerprint density at radius 3 is 2.90 bits per heavy atom. The van der Waals surface area contributed by atoms with E-state index in [2.05, 4.69) is 15.3 Å². The van der Waals surface area contributed by atoms with E-state index in [4.69, 9.17) is 9.47 Å². The van der Waals surface area contributed by atoms with E-state index in [-0.39, 0.29) is 30.3 Å². The number of fused-ring (bicyclic) bond motifs is 1. The zero-order valence-electron chi connectivity index (χ0n) is 11.9. The standard InChI is InChI=1S/C14H21N3O3/c1-8-3-10(4-9(2)19-8)20-14(18)12-5-11-13(6-15-12)17-7-16-11/h7-10,12,15H,3-6H2,1-2H3,(H,16,17). The van der Waals surface area contributed by atoms with Gasteiger partial charge in [-0.2, -0.15) is 0 Å². The number of hydrogen-bond acceptors (Lipinski definition) is 5. The Morgan fingerprint density at radius 2 is 2.15 bits per heavy atom. The molecule has 0 saturated carbocycles. The van der Waals surface area contributed by atoms with Crippen LogP contribution in [0.3, 0.4) is 0 Å². The van der Waals surface area contributed by atoms with Gasteiger partial charge >= 0.3 is 5.97 Å². The van der Waals surface area contributed by atoms with Crippen LogP contribution in [0.2, 0.25) is 0 Å². The number of nitrogens with zero attached hydrogens (tertiary/aromatic N) is 1. The molecule has 1 saturated heterocycles. The molecule has 3 heterocycles. The first-order chi connectivity index (χ1) is 9.61. The summed E-state index contributed by atoms with van der Waals surface area (Å²) in [6.45, 7) is 4.67. The van der Waals surface area contributed by atoms with Crippen molar-refractivity contribution in [3.8, 4) is 0 Å². The number of esters is 1. The van der Waals surface area contributed by atoms with Crippen LogP contribution in [0.25, 0.3) is 0 Å². The number of rotatable bonds is 2. The van der Waals surface area contributed by atoms with Crippen molar-refractivity contribution in [2.24, 2.45) is 0 Å². The number of carbonyl (C=O) groups is 1. The second-order valence-corrected chi connectivity index (χ2v) is 5.75. The number of aromatic amines is 1. The van der Waals surface area contributed by atoms with Gasteiger partial charge in [-0.3, -0.25) is 10.1 Å². The van der Waals surface area contributed by atoms with Gasteiger partial charge in [-0.25, -0.2) is 4.98 Å². The molecule has 0 aliphatic carbocycles. The summed E-state index contributed by atoms with van der Waals surface area (Å²) in [7, 11) is 0. The van der Waals surface area contributed by atoms with Gasteiger partial charge in [-0.05, 0) is 13.8 Å². The third-order valence-corrected chi connectivity index (χ3v) is 3.95. The van der Waals surface area contributed by atoms with Crippen LogP contribution in [0.5, 0.6) is 0 Å². The summed E-state index contributed by atoms with van der Waals surface area (Å²) in [5.41, 5.74) is 2.02. The first-order valence-electron chi connectivity index (χ1n) is 7.22. The molecule has 20 heavy (non-hydrogen) atoms. The highest BCUT2D eigenvalue weighted by molar-refractivity contribution is 5.76. The van der Waals surface area contributed by atoms with Crippen molar-refractivity contribution in [3.63, 3.8) is 0 Å². The van der Waals surface area contributed by atoms with Gasteiger partial charge in [-0.1, -0.05) is 0 Å². The number of imidazole rings is 1. The molecule has 0 spiro atoms. The van der Waals surface area contributed by atoms with Crippen LogP contribution >= 0.6 is 0 Å². The van der Waals surface area contributed by atoms with Crippen LogP contribution in [0.15, 0.2) is 6.33 Å². The van der Waals surface area contributed by atoms with E-state index in [1.807, 2.05) is 13.8 Å². The lowest BCUT2D eigenvalue weighted by atomic mass is 10.0. The highest BCUT2D eigenvalue weighted by atomic mass is 16.6. The molecule has 1 fully saturated rings. The molecular weight excluding hydrogens is 258 g/mol. The maximum absolute atomic E-state index is 12.2. The maximum atomic E-state index is 12.2. The minimum atomic E-state index is -0.292. The van der Waals surface area contributed by atoms with E-state index < -0.39 is 0 Å². The maximum Gasteiger partial charge on any atom is 0.323 e. The summed E-state index contributed by atoms with van der Waals surface area (Å²) in [5.74, 6) is -0.176. The van der Waals surface area contributed by atoms with Gasteiger partial charge in [0.2, 0.25) is 0 Å². The highest BCUT2D eigenvalue weighted by Gasteiger charge is 2.32. The molecule has 1 aromatic heterocycles. The lowest BCUT2D eigenvalue weighted by Crippen LogP contribution is -2.45. The fourth-order valence-electron chi connectivity index (χ4n) is 3.02. The Bertz CT molecular complexity index is 478. The first-order valence-corrected chi connectivity index (χ1v) is 7.22. The SMILES string of the molecule is CC1CC(OC(=O)C2Cc3nc[nH]c3CN2)CC(C)O1. The molecule has 110 valence electrons. The minimum absolute atomic E-state index is 0.0383. The van der Waals surface area contributed by atoms with Gasteiger partial charge in [0, 0.05) is 25.8 Å². The second kappa shape index (κ2) is 5.54. The third kappa shape index (κ3) is 2.86. The third-order valence-electron chi connectivity index (χ3n) is 3.95. The summed E-state index contributed by atoms with van der Waals surface area (Å²) in [5, 5.41) is 3.20. The first kappa shape index (κ1) is 13.6. The lowest BCUT2D eigenvalue weighted by molar-refractivity contribution is -0.162. The fraction of sp³-hybridized carbons (Fsp3) is 0.714. The predicted molar refractivity (Wildman–Crippen MR) is 72.0 cm³/mol. The van der Waals surface area contributed by atoms with Crippen LogP contribution in [0.1, 0.15) is 38.1 Å². The molecule has 0 radical (unpaired) electrons. The van der Waals surface area contributed by atoms with E-state index in [9.17, 15) is 4.79 Å². The molecule has 3 unspecified atom stereocenters. The van der Waals surface area contributed by atoms with E-state index in [0.29, 0.717) is 13.0 Å². The van der Waals surface area contributed by atoms with Crippen molar-refractivity contribution in [2.45, 2.75) is 64.0 Å². The number of hydrogen-bond donors (Lipinski definition) is 2. The Kier molecular flexibility index (Phi) is 3.76. The Morgan fingerprint density at radius 1 is 1.40 bits per heavy atom. The minimum Gasteiger partial charge on any atom is -0.461 e. The molecule has 2 aliphatic heterocycles. The summed E-state index contributed by atoms with van der Waals surface area (Å²) in [6, 6.07) is -0.292. The van der Waals surface area contributed by atoms with Crippen molar-refractivity contribution < 1.29 is 14.3 Å². The van der Waals surface area contributed by atoms with Crippen LogP contribution in [-0.4, -0.2) is 40.3 Å². The monoisotopic (exact) mass is 279 g/mol. The van der Waals surface area contributed by atoms with Crippen molar-refractivity contribution >= 4 is 5.97 Å². The normalized spacial score (nSPS) is 33.5. The van der Waals surface area contributed by atoms with Crippen LogP contribution in [0, 0.1) is 0 Å². The summed E-state index contributed by atoms with van der Waals surface area (Å²) >= 11 is 0. The number of H-pyrrole nitrogens is 1. The van der Waals surface area contributed by atoms with E-state index >= 15 is 0 Å². The summed E-state index contributed by atoms with van der Waals surface area (Å²) in [6.07, 6.45) is 4.06. The van der Waals surface area contributed by atoms with E-state index in [1.165, 1.54) is 0 Å².